The average Bonchev–Trinajstić information content (AvgIpc) is 3.29. The van der Waals surface area contributed by atoms with Crippen LogP contribution in [0.2, 0.25) is 0 Å². The molecule has 29 heavy (non-hydrogen) atoms. The molecule has 0 unspecified atom stereocenters. The van der Waals surface area contributed by atoms with Crippen molar-refractivity contribution in [1.29, 1.82) is 0 Å². The Labute approximate surface area is 172 Å². The molecule has 0 atom stereocenters. The molecule has 2 fully saturated rings. The van der Waals surface area contributed by atoms with E-state index >= 15 is 0 Å². The largest absolute Gasteiger partial charge is 0.371 e. The van der Waals surface area contributed by atoms with Gasteiger partial charge in [0.1, 0.15) is 0 Å². The summed E-state index contributed by atoms with van der Waals surface area (Å²) in [5, 5.41) is 2.99. The van der Waals surface area contributed by atoms with E-state index in [0.29, 0.717) is 16.8 Å². The summed E-state index contributed by atoms with van der Waals surface area (Å²) < 4.78 is 0. The van der Waals surface area contributed by atoms with E-state index in [-0.39, 0.29) is 11.8 Å². The van der Waals surface area contributed by atoms with Gasteiger partial charge >= 0.3 is 0 Å². The van der Waals surface area contributed by atoms with Crippen LogP contribution >= 0.6 is 0 Å². The molecule has 2 aliphatic rings. The standard InChI is InChI=1S/C24H29N3O2/c1-18-9-3-4-10-20(18)23(28)25-19-11-12-22(26-13-7-8-14-26)21(17-19)24(29)27-15-5-2-6-16-27/h3-4,9-12,17H,2,5-8,13-16H2,1H3,(H,25,28). The number of amides is 2. The first-order valence-corrected chi connectivity index (χ1v) is 10.7. The minimum absolute atomic E-state index is 0.0820. The molecule has 0 aliphatic carbocycles. The lowest BCUT2D eigenvalue weighted by molar-refractivity contribution is 0.0724. The molecule has 152 valence electrons. The van der Waals surface area contributed by atoms with Crippen molar-refractivity contribution in [2.45, 2.75) is 39.0 Å². The molecule has 0 bridgehead atoms. The first kappa shape index (κ1) is 19.5. The van der Waals surface area contributed by atoms with Gasteiger partial charge in [-0.2, -0.15) is 0 Å². The van der Waals surface area contributed by atoms with E-state index in [1.54, 1.807) is 0 Å². The molecule has 1 N–H and O–H groups in total. The topological polar surface area (TPSA) is 52.7 Å². The van der Waals surface area contributed by atoms with Gasteiger partial charge in [0, 0.05) is 43.1 Å². The molecular formula is C24H29N3O2. The summed E-state index contributed by atoms with van der Waals surface area (Å²) in [5.41, 5.74) is 3.95. The Balaban J connectivity index is 1.62. The highest BCUT2D eigenvalue weighted by molar-refractivity contribution is 6.07. The van der Waals surface area contributed by atoms with E-state index in [0.717, 1.165) is 63.1 Å². The highest BCUT2D eigenvalue weighted by atomic mass is 16.2. The molecule has 4 rings (SSSR count). The predicted molar refractivity (Wildman–Crippen MR) is 117 cm³/mol. The maximum absolute atomic E-state index is 13.3. The van der Waals surface area contributed by atoms with Crippen molar-refractivity contribution in [3.05, 3.63) is 59.2 Å². The zero-order valence-electron chi connectivity index (χ0n) is 17.1. The quantitative estimate of drug-likeness (QED) is 0.836. The van der Waals surface area contributed by atoms with Crippen LogP contribution in [0.3, 0.4) is 0 Å². The van der Waals surface area contributed by atoms with Gasteiger partial charge in [-0.1, -0.05) is 18.2 Å². The first-order chi connectivity index (χ1) is 14.1. The fraction of sp³-hybridized carbons (Fsp3) is 0.417. The van der Waals surface area contributed by atoms with Crippen LogP contribution in [0.25, 0.3) is 0 Å². The van der Waals surface area contributed by atoms with Crippen LogP contribution in [0.15, 0.2) is 42.5 Å². The molecule has 2 aromatic rings. The Morgan fingerprint density at radius 3 is 2.24 bits per heavy atom. The lowest BCUT2D eigenvalue weighted by Crippen LogP contribution is -2.36. The molecule has 5 nitrogen and oxygen atoms in total. The van der Waals surface area contributed by atoms with E-state index in [2.05, 4.69) is 10.2 Å². The lowest BCUT2D eigenvalue weighted by Gasteiger charge is -2.29. The highest BCUT2D eigenvalue weighted by Crippen LogP contribution is 2.29. The number of hydrogen-bond donors (Lipinski definition) is 1. The van der Waals surface area contributed by atoms with Crippen molar-refractivity contribution in [3.8, 4) is 0 Å². The third-order valence-corrected chi connectivity index (χ3v) is 5.96. The Morgan fingerprint density at radius 2 is 1.52 bits per heavy atom. The Bertz CT molecular complexity index is 897. The van der Waals surface area contributed by atoms with Crippen LogP contribution in [0, 0.1) is 6.92 Å². The van der Waals surface area contributed by atoms with Crippen LogP contribution in [0.1, 0.15) is 58.4 Å². The van der Waals surface area contributed by atoms with Gasteiger partial charge in [0.25, 0.3) is 11.8 Å². The molecule has 2 amide bonds. The van der Waals surface area contributed by atoms with Crippen molar-refractivity contribution in [2.75, 3.05) is 36.4 Å². The second kappa shape index (κ2) is 8.68. The summed E-state index contributed by atoms with van der Waals surface area (Å²) >= 11 is 0. The molecular weight excluding hydrogens is 362 g/mol. The third kappa shape index (κ3) is 4.29. The minimum Gasteiger partial charge on any atom is -0.371 e. The zero-order valence-corrected chi connectivity index (χ0v) is 17.1. The Morgan fingerprint density at radius 1 is 0.828 bits per heavy atom. The van der Waals surface area contributed by atoms with E-state index < -0.39 is 0 Å². The molecule has 0 radical (unpaired) electrons. The summed E-state index contributed by atoms with van der Waals surface area (Å²) in [6.45, 7) is 5.53. The van der Waals surface area contributed by atoms with Crippen LogP contribution < -0.4 is 10.2 Å². The van der Waals surface area contributed by atoms with Crippen molar-refractivity contribution in [3.63, 3.8) is 0 Å². The third-order valence-electron chi connectivity index (χ3n) is 5.96. The van der Waals surface area contributed by atoms with Crippen LogP contribution in [-0.4, -0.2) is 42.9 Å². The average molecular weight is 392 g/mol. The minimum atomic E-state index is -0.145. The normalized spacial score (nSPS) is 16.7. The second-order valence-corrected chi connectivity index (χ2v) is 8.05. The number of carbonyl (C=O) groups excluding carboxylic acids is 2. The molecule has 2 saturated heterocycles. The van der Waals surface area contributed by atoms with Gasteiger partial charge in [-0.15, -0.1) is 0 Å². The van der Waals surface area contributed by atoms with E-state index in [9.17, 15) is 9.59 Å². The summed E-state index contributed by atoms with van der Waals surface area (Å²) in [5.74, 6) is -0.0630. The molecule has 5 heteroatoms. The molecule has 0 spiro atoms. The smallest absolute Gasteiger partial charge is 0.256 e. The zero-order chi connectivity index (χ0) is 20.2. The number of carbonyl (C=O) groups is 2. The highest BCUT2D eigenvalue weighted by Gasteiger charge is 2.25. The first-order valence-electron chi connectivity index (χ1n) is 10.7. The number of rotatable bonds is 4. The Kier molecular flexibility index (Phi) is 5.84. The van der Waals surface area contributed by atoms with Gasteiger partial charge in [-0.25, -0.2) is 0 Å². The van der Waals surface area contributed by atoms with Gasteiger partial charge in [0.15, 0.2) is 0 Å². The van der Waals surface area contributed by atoms with Crippen LogP contribution in [-0.2, 0) is 0 Å². The monoisotopic (exact) mass is 391 g/mol. The number of hydrogen-bond acceptors (Lipinski definition) is 3. The number of benzene rings is 2. The van der Waals surface area contributed by atoms with Crippen molar-refractivity contribution in [2.24, 2.45) is 0 Å². The van der Waals surface area contributed by atoms with Crippen molar-refractivity contribution >= 4 is 23.2 Å². The van der Waals surface area contributed by atoms with Crippen LogP contribution in [0.4, 0.5) is 11.4 Å². The second-order valence-electron chi connectivity index (χ2n) is 8.05. The molecule has 2 heterocycles. The molecule has 0 saturated carbocycles. The van der Waals surface area contributed by atoms with E-state index in [1.165, 1.54) is 6.42 Å². The van der Waals surface area contributed by atoms with E-state index in [1.807, 2.05) is 54.3 Å². The molecule has 0 aromatic heterocycles. The summed E-state index contributed by atoms with van der Waals surface area (Å²) in [6.07, 6.45) is 5.63. The maximum atomic E-state index is 13.3. The van der Waals surface area contributed by atoms with Gasteiger partial charge < -0.3 is 15.1 Å². The van der Waals surface area contributed by atoms with Gasteiger partial charge in [0.2, 0.25) is 0 Å². The number of likely N-dealkylation sites (tertiary alicyclic amines) is 1. The number of nitrogens with one attached hydrogen (secondary N) is 1. The van der Waals surface area contributed by atoms with Crippen LogP contribution in [0.5, 0.6) is 0 Å². The fourth-order valence-corrected chi connectivity index (χ4v) is 4.31. The Hall–Kier alpha value is -2.82. The summed E-state index contributed by atoms with van der Waals surface area (Å²) in [7, 11) is 0. The predicted octanol–water partition coefficient (Wildman–Crippen LogP) is 4.47. The summed E-state index contributed by atoms with van der Waals surface area (Å²) in [4.78, 5) is 30.3. The van der Waals surface area contributed by atoms with Gasteiger partial charge in [-0.3, -0.25) is 9.59 Å². The number of nitrogens with zero attached hydrogens (tertiary/aromatic N) is 2. The van der Waals surface area contributed by atoms with Gasteiger partial charge in [0.05, 0.1) is 5.56 Å². The number of piperidine rings is 1. The number of aryl methyl sites for hydroxylation is 1. The maximum Gasteiger partial charge on any atom is 0.256 e. The van der Waals surface area contributed by atoms with E-state index in [4.69, 9.17) is 0 Å². The SMILES string of the molecule is Cc1ccccc1C(=O)Nc1ccc(N2CCCC2)c(C(=O)N2CCCCC2)c1. The van der Waals surface area contributed by atoms with Crippen molar-refractivity contribution in [1.82, 2.24) is 4.90 Å². The molecule has 2 aromatic carbocycles. The van der Waals surface area contributed by atoms with Crippen molar-refractivity contribution < 1.29 is 9.59 Å². The lowest BCUT2D eigenvalue weighted by atomic mass is 10.1. The molecule has 2 aliphatic heterocycles. The number of anilines is 2. The fourth-order valence-electron chi connectivity index (χ4n) is 4.31. The van der Waals surface area contributed by atoms with Gasteiger partial charge in [-0.05, 0) is 68.9 Å². The summed E-state index contributed by atoms with van der Waals surface area (Å²) in [6, 6.07) is 13.3.